The molecule has 0 aliphatic carbocycles. The van der Waals surface area contributed by atoms with Crippen LogP contribution in [-0.2, 0) is 18.3 Å². The van der Waals surface area contributed by atoms with Crippen LogP contribution in [-0.4, -0.2) is 38.7 Å². The van der Waals surface area contributed by atoms with Gasteiger partial charge in [-0.05, 0) is 37.4 Å². The average molecular weight is 409 g/mol. The molecule has 0 saturated carbocycles. The molecule has 0 unspecified atom stereocenters. The Bertz CT molecular complexity index is 885. The molecule has 1 fully saturated rings. The van der Waals surface area contributed by atoms with Crippen molar-refractivity contribution < 1.29 is 9.21 Å². The second-order valence-corrected chi connectivity index (χ2v) is 7.24. The number of nitrogens with one attached hydrogen (secondary N) is 2. The summed E-state index contributed by atoms with van der Waals surface area (Å²) in [4.78, 5) is 22.2. The van der Waals surface area contributed by atoms with Crippen molar-refractivity contribution in [2.45, 2.75) is 25.2 Å². The van der Waals surface area contributed by atoms with Crippen LogP contribution in [0.4, 0.5) is 5.95 Å². The lowest BCUT2D eigenvalue weighted by molar-refractivity contribution is -0.115. The first kappa shape index (κ1) is 19.5. The van der Waals surface area contributed by atoms with Crippen LogP contribution in [0.2, 0.25) is 0 Å². The number of anilines is 1. The number of amides is 1. The van der Waals surface area contributed by atoms with E-state index in [4.69, 9.17) is 4.42 Å². The molecule has 0 radical (unpaired) electrons. The number of rotatable bonds is 5. The van der Waals surface area contributed by atoms with E-state index in [9.17, 15) is 4.79 Å². The molecule has 3 aromatic heterocycles. The summed E-state index contributed by atoms with van der Waals surface area (Å²) >= 11 is 1.55. The third-order valence-electron chi connectivity index (χ3n) is 4.36. The molecule has 1 amide bonds. The van der Waals surface area contributed by atoms with Gasteiger partial charge in [-0.2, -0.15) is 10.1 Å². The molecule has 27 heavy (non-hydrogen) atoms. The highest BCUT2D eigenvalue weighted by Crippen LogP contribution is 2.24. The van der Waals surface area contributed by atoms with Gasteiger partial charge in [-0.3, -0.25) is 10.1 Å². The van der Waals surface area contributed by atoms with Gasteiger partial charge in [-0.1, -0.05) is 6.07 Å². The largest absolute Gasteiger partial charge is 0.444 e. The minimum absolute atomic E-state index is 0. The van der Waals surface area contributed by atoms with E-state index in [2.05, 4.69) is 25.7 Å². The molecule has 1 aliphatic rings. The number of thiophene rings is 1. The average Bonchev–Trinajstić information content (AvgIpc) is 3.38. The fourth-order valence-corrected chi connectivity index (χ4v) is 3.66. The molecule has 3 aromatic rings. The molecule has 2 N–H and O–H groups in total. The SMILES string of the molecule is Cl.Cn1nc(C2CCNCC2)nc1NC(=O)Cc1coc(-c2cccs2)n1. The molecule has 4 heterocycles. The molecule has 0 aromatic carbocycles. The second-order valence-electron chi connectivity index (χ2n) is 6.29. The lowest BCUT2D eigenvalue weighted by Gasteiger charge is -2.19. The van der Waals surface area contributed by atoms with Crippen LogP contribution < -0.4 is 10.6 Å². The van der Waals surface area contributed by atoms with Gasteiger partial charge in [0.2, 0.25) is 17.7 Å². The summed E-state index contributed by atoms with van der Waals surface area (Å²) in [6.07, 6.45) is 3.68. The van der Waals surface area contributed by atoms with Crippen molar-refractivity contribution in [1.29, 1.82) is 0 Å². The van der Waals surface area contributed by atoms with E-state index in [-0.39, 0.29) is 24.7 Å². The number of carbonyl (C=O) groups is 1. The summed E-state index contributed by atoms with van der Waals surface area (Å²) in [6, 6.07) is 3.87. The monoisotopic (exact) mass is 408 g/mol. The number of aryl methyl sites for hydroxylation is 1. The van der Waals surface area contributed by atoms with Crippen LogP contribution in [0.3, 0.4) is 0 Å². The van der Waals surface area contributed by atoms with Crippen LogP contribution in [0.5, 0.6) is 0 Å². The molecule has 0 spiro atoms. The van der Waals surface area contributed by atoms with Gasteiger partial charge >= 0.3 is 0 Å². The third kappa shape index (κ3) is 4.55. The first-order valence-electron chi connectivity index (χ1n) is 8.59. The Hall–Kier alpha value is -2.23. The first-order valence-corrected chi connectivity index (χ1v) is 9.47. The van der Waals surface area contributed by atoms with Gasteiger partial charge in [0.1, 0.15) is 6.26 Å². The van der Waals surface area contributed by atoms with Crippen molar-refractivity contribution in [3.05, 3.63) is 35.3 Å². The first-order chi connectivity index (χ1) is 12.7. The minimum atomic E-state index is -0.191. The number of aromatic nitrogens is 4. The van der Waals surface area contributed by atoms with Gasteiger partial charge in [-0.15, -0.1) is 23.7 Å². The zero-order chi connectivity index (χ0) is 17.9. The summed E-state index contributed by atoms with van der Waals surface area (Å²) in [5, 5.41) is 12.6. The summed E-state index contributed by atoms with van der Waals surface area (Å²) in [5.74, 6) is 1.95. The van der Waals surface area contributed by atoms with Crippen LogP contribution in [0.1, 0.15) is 30.3 Å². The van der Waals surface area contributed by atoms with Crippen molar-refractivity contribution in [2.75, 3.05) is 18.4 Å². The fourth-order valence-electron chi connectivity index (χ4n) is 3.00. The molecular formula is C17H21ClN6O2S. The normalized spacial score (nSPS) is 14.7. The lowest BCUT2D eigenvalue weighted by atomic mass is 9.98. The molecule has 8 nitrogen and oxygen atoms in total. The summed E-state index contributed by atoms with van der Waals surface area (Å²) in [5.41, 5.74) is 0.589. The minimum Gasteiger partial charge on any atom is -0.444 e. The number of carbonyl (C=O) groups excluding carboxylic acids is 1. The Balaban J connectivity index is 0.00000210. The van der Waals surface area contributed by atoms with Crippen LogP contribution in [0.25, 0.3) is 10.8 Å². The van der Waals surface area contributed by atoms with Gasteiger partial charge in [0.25, 0.3) is 0 Å². The lowest BCUT2D eigenvalue weighted by Crippen LogP contribution is -2.27. The maximum absolute atomic E-state index is 12.3. The molecule has 1 saturated heterocycles. The van der Waals surface area contributed by atoms with Crippen molar-refractivity contribution in [3.63, 3.8) is 0 Å². The highest BCUT2D eigenvalue weighted by atomic mass is 35.5. The summed E-state index contributed by atoms with van der Waals surface area (Å²) in [7, 11) is 1.79. The van der Waals surface area contributed by atoms with Crippen molar-refractivity contribution in [3.8, 4) is 10.8 Å². The smallest absolute Gasteiger partial charge is 0.236 e. The summed E-state index contributed by atoms with van der Waals surface area (Å²) < 4.78 is 7.07. The predicted molar refractivity (Wildman–Crippen MR) is 105 cm³/mol. The topological polar surface area (TPSA) is 97.9 Å². The van der Waals surface area contributed by atoms with Crippen LogP contribution in [0.15, 0.2) is 28.2 Å². The Morgan fingerprint density at radius 3 is 2.96 bits per heavy atom. The highest BCUT2D eigenvalue weighted by molar-refractivity contribution is 7.13. The molecule has 144 valence electrons. The van der Waals surface area contributed by atoms with E-state index in [1.54, 1.807) is 23.1 Å². The van der Waals surface area contributed by atoms with E-state index >= 15 is 0 Å². The van der Waals surface area contributed by atoms with Gasteiger partial charge < -0.3 is 9.73 Å². The number of hydrogen-bond donors (Lipinski definition) is 2. The molecule has 10 heteroatoms. The van der Waals surface area contributed by atoms with Crippen molar-refractivity contribution >= 4 is 35.6 Å². The zero-order valence-electron chi connectivity index (χ0n) is 14.8. The van der Waals surface area contributed by atoms with Crippen LogP contribution in [0, 0.1) is 0 Å². The zero-order valence-corrected chi connectivity index (χ0v) is 16.5. The maximum Gasteiger partial charge on any atom is 0.236 e. The quantitative estimate of drug-likeness (QED) is 0.673. The second kappa shape index (κ2) is 8.64. The van der Waals surface area contributed by atoms with Gasteiger partial charge in [-0.25, -0.2) is 9.67 Å². The molecule has 0 bridgehead atoms. The Kier molecular flexibility index (Phi) is 6.25. The van der Waals surface area contributed by atoms with Gasteiger partial charge in [0.05, 0.1) is 17.0 Å². The molecule has 0 atom stereocenters. The van der Waals surface area contributed by atoms with E-state index in [1.807, 2.05) is 17.5 Å². The number of oxazole rings is 1. The maximum atomic E-state index is 12.3. The van der Waals surface area contributed by atoms with Gasteiger partial charge in [0, 0.05) is 13.0 Å². The van der Waals surface area contributed by atoms with E-state index in [0.717, 1.165) is 36.6 Å². The number of piperidine rings is 1. The highest BCUT2D eigenvalue weighted by Gasteiger charge is 2.21. The Morgan fingerprint density at radius 1 is 1.41 bits per heavy atom. The molecule has 1 aliphatic heterocycles. The van der Waals surface area contributed by atoms with Crippen LogP contribution >= 0.6 is 23.7 Å². The Labute approximate surface area is 166 Å². The number of halogens is 1. The van der Waals surface area contributed by atoms with Gasteiger partial charge in [0.15, 0.2) is 5.82 Å². The standard InChI is InChI=1S/C17H20N6O2S.ClH/c1-23-17(21-15(22-23)11-4-6-18-7-5-11)20-14(24)9-12-10-25-16(19-12)13-3-2-8-26-13;/h2-3,8,10-11,18H,4-7,9H2,1H3,(H,20,21,22,24);1H. The Morgan fingerprint density at radius 2 is 2.22 bits per heavy atom. The van der Waals surface area contributed by atoms with Crippen molar-refractivity contribution in [2.24, 2.45) is 7.05 Å². The third-order valence-corrected chi connectivity index (χ3v) is 5.22. The fraction of sp³-hybridized carbons (Fsp3) is 0.412. The predicted octanol–water partition coefficient (Wildman–Crippen LogP) is 2.60. The number of nitrogens with zero attached hydrogens (tertiary/aromatic N) is 4. The number of hydrogen-bond acceptors (Lipinski definition) is 7. The summed E-state index contributed by atoms with van der Waals surface area (Å²) in [6.45, 7) is 1.95. The van der Waals surface area contributed by atoms with E-state index in [1.165, 1.54) is 6.26 Å². The molecule has 4 rings (SSSR count). The van der Waals surface area contributed by atoms with E-state index < -0.39 is 0 Å². The van der Waals surface area contributed by atoms with Crippen molar-refractivity contribution in [1.82, 2.24) is 25.1 Å². The molecular weight excluding hydrogens is 388 g/mol. The van der Waals surface area contributed by atoms with E-state index in [0.29, 0.717) is 23.5 Å².